The van der Waals surface area contributed by atoms with Gasteiger partial charge in [-0.3, -0.25) is 0 Å². The fourth-order valence-corrected chi connectivity index (χ4v) is 3.22. The summed E-state index contributed by atoms with van der Waals surface area (Å²) in [5, 5.41) is 9.94. The Morgan fingerprint density at radius 2 is 2.40 bits per heavy atom. The molecule has 3 rings (SSSR count). The maximum Gasteiger partial charge on any atom is 0.369 e. The van der Waals surface area contributed by atoms with Crippen molar-refractivity contribution in [3.8, 4) is 10.2 Å². The standard InChI is InChI=1S/C9H7BrN6O2S2/c1-15-9(17)16(14-13-15)7-5(6(10)12-20-7)4-18-8-11-2-3-19-8/h2-3H,4H2,1H3/i2T. The number of hydrogen-bond acceptors (Lipinski definition) is 8. The summed E-state index contributed by atoms with van der Waals surface area (Å²) >= 11 is 5.67. The number of nitrogens with zero attached hydrogens (tertiary/aromatic N) is 6. The summed E-state index contributed by atoms with van der Waals surface area (Å²) in [7, 11) is 1.52. The first-order chi connectivity index (χ1) is 10.1. The molecule has 0 spiro atoms. The molecule has 3 aromatic rings. The Hall–Kier alpha value is -1.59. The molecule has 0 N–H and O–H groups in total. The lowest BCUT2D eigenvalue weighted by Gasteiger charge is -2.03. The van der Waals surface area contributed by atoms with Gasteiger partial charge in [0, 0.05) is 18.6 Å². The molecule has 0 saturated heterocycles. The van der Waals surface area contributed by atoms with Crippen LogP contribution in [0.2, 0.25) is 0 Å². The number of aryl methyl sites for hydroxylation is 1. The molecule has 3 aromatic heterocycles. The van der Waals surface area contributed by atoms with Crippen molar-refractivity contribution in [2.45, 2.75) is 6.61 Å². The molecule has 0 aliphatic rings. The van der Waals surface area contributed by atoms with Crippen LogP contribution in [0.4, 0.5) is 0 Å². The van der Waals surface area contributed by atoms with Gasteiger partial charge in [0.25, 0.3) is 5.19 Å². The Balaban J connectivity index is 1.90. The number of tetrazole rings is 1. The summed E-state index contributed by atoms with van der Waals surface area (Å²) in [5.74, 6) is 0. The molecule has 0 bridgehead atoms. The zero-order chi connectivity index (χ0) is 15.0. The molecule has 0 aliphatic carbocycles. The fraction of sp³-hybridized carbons (Fsp3) is 0.222. The topological polar surface area (TPSA) is 87.7 Å². The molecule has 20 heavy (non-hydrogen) atoms. The van der Waals surface area contributed by atoms with Crippen molar-refractivity contribution in [2.24, 2.45) is 7.05 Å². The minimum atomic E-state index is -0.366. The minimum Gasteiger partial charge on any atom is -0.465 e. The fourth-order valence-electron chi connectivity index (χ4n) is 1.39. The monoisotopic (exact) mass is 376 g/mol. The van der Waals surface area contributed by atoms with E-state index < -0.39 is 0 Å². The molecule has 0 radical (unpaired) electrons. The summed E-state index contributed by atoms with van der Waals surface area (Å²) in [5.41, 5.74) is 0.305. The van der Waals surface area contributed by atoms with Gasteiger partial charge in [-0.2, -0.15) is 9.06 Å². The second-order valence-corrected chi connectivity index (χ2v) is 5.91. The third-order valence-electron chi connectivity index (χ3n) is 2.34. The molecule has 8 nitrogen and oxygen atoms in total. The third kappa shape index (κ3) is 2.39. The summed E-state index contributed by atoms with van der Waals surface area (Å²) in [6, 6.07) is 0. The number of aromatic nitrogens is 6. The Kier molecular flexibility index (Phi) is 3.30. The number of rotatable bonds is 4. The van der Waals surface area contributed by atoms with Crippen LogP contribution in [-0.4, -0.2) is 29.1 Å². The van der Waals surface area contributed by atoms with Crippen molar-refractivity contribution in [3.05, 3.63) is 32.2 Å². The summed E-state index contributed by atoms with van der Waals surface area (Å²) < 4.78 is 19.9. The molecule has 0 atom stereocenters. The Bertz CT molecular complexity index is 840. The second kappa shape index (κ2) is 5.42. The van der Waals surface area contributed by atoms with E-state index in [1.165, 1.54) is 23.1 Å². The van der Waals surface area contributed by atoms with Gasteiger partial charge in [-0.05, 0) is 37.9 Å². The van der Waals surface area contributed by atoms with E-state index in [-0.39, 0.29) is 18.5 Å². The summed E-state index contributed by atoms with van der Waals surface area (Å²) in [6.45, 7) is 0.155. The van der Waals surface area contributed by atoms with Crippen LogP contribution in [0.25, 0.3) is 5.00 Å². The van der Waals surface area contributed by atoms with Crippen molar-refractivity contribution in [1.29, 1.82) is 0 Å². The Morgan fingerprint density at radius 3 is 3.05 bits per heavy atom. The van der Waals surface area contributed by atoms with Crippen LogP contribution in [0.3, 0.4) is 0 Å². The number of ether oxygens (including phenoxy) is 1. The smallest absolute Gasteiger partial charge is 0.369 e. The van der Waals surface area contributed by atoms with Crippen LogP contribution < -0.4 is 10.4 Å². The molecule has 11 heteroatoms. The van der Waals surface area contributed by atoms with Gasteiger partial charge in [-0.15, -0.1) is 4.68 Å². The van der Waals surface area contributed by atoms with Gasteiger partial charge >= 0.3 is 5.69 Å². The first kappa shape index (κ1) is 12.2. The van der Waals surface area contributed by atoms with E-state index in [1.807, 2.05) is 0 Å². The van der Waals surface area contributed by atoms with Gasteiger partial charge in [0.2, 0.25) is 0 Å². The van der Waals surface area contributed by atoms with Crippen molar-refractivity contribution in [1.82, 2.24) is 29.1 Å². The second-order valence-electron chi connectivity index (χ2n) is 3.59. The average molecular weight is 377 g/mol. The largest absolute Gasteiger partial charge is 0.465 e. The molecular formula is C9H7BrN6O2S2. The highest BCUT2D eigenvalue weighted by molar-refractivity contribution is 9.10. The van der Waals surface area contributed by atoms with Crippen LogP contribution in [-0.2, 0) is 13.7 Å². The maximum atomic E-state index is 11.9. The van der Waals surface area contributed by atoms with E-state index >= 15 is 0 Å². The lowest BCUT2D eigenvalue weighted by atomic mass is 10.4. The zero-order valence-electron chi connectivity index (χ0n) is 11.0. The Labute approximate surface area is 130 Å². The average Bonchev–Trinajstić information content (AvgIpc) is 3.11. The molecular weight excluding hydrogens is 368 g/mol. The van der Waals surface area contributed by atoms with Gasteiger partial charge in [0.1, 0.15) is 11.2 Å². The zero-order valence-corrected chi connectivity index (χ0v) is 13.2. The van der Waals surface area contributed by atoms with Crippen LogP contribution in [0.15, 0.2) is 21.0 Å². The molecule has 0 unspecified atom stereocenters. The minimum absolute atomic E-state index is 0.155. The first-order valence-corrected chi connectivity index (χ1v) is 7.69. The van der Waals surface area contributed by atoms with Crippen LogP contribution >= 0.6 is 38.8 Å². The Morgan fingerprint density at radius 1 is 1.55 bits per heavy atom. The highest BCUT2D eigenvalue weighted by Gasteiger charge is 2.18. The van der Waals surface area contributed by atoms with Gasteiger partial charge in [0.05, 0.1) is 6.93 Å². The van der Waals surface area contributed by atoms with Crippen molar-refractivity contribution >= 4 is 38.8 Å². The van der Waals surface area contributed by atoms with E-state index in [9.17, 15) is 4.79 Å². The molecule has 3 heterocycles. The van der Waals surface area contributed by atoms with E-state index in [1.54, 1.807) is 5.38 Å². The highest BCUT2D eigenvalue weighted by atomic mass is 79.9. The summed E-state index contributed by atoms with van der Waals surface area (Å²) in [4.78, 5) is 15.8. The van der Waals surface area contributed by atoms with Gasteiger partial charge in [0.15, 0.2) is 5.00 Å². The van der Waals surface area contributed by atoms with Crippen molar-refractivity contribution in [3.63, 3.8) is 0 Å². The predicted molar refractivity (Wildman–Crippen MR) is 76.4 cm³/mol. The van der Waals surface area contributed by atoms with E-state index in [0.29, 0.717) is 20.4 Å². The molecule has 0 saturated carbocycles. The summed E-state index contributed by atoms with van der Waals surface area (Å²) in [6.07, 6.45) is 0.155. The van der Waals surface area contributed by atoms with Gasteiger partial charge in [-0.25, -0.2) is 9.78 Å². The number of halogens is 1. The van der Waals surface area contributed by atoms with E-state index in [4.69, 9.17) is 6.11 Å². The van der Waals surface area contributed by atoms with Gasteiger partial charge < -0.3 is 4.74 Å². The lowest BCUT2D eigenvalue weighted by Crippen LogP contribution is -2.22. The normalized spacial score (nSPS) is 11.6. The number of hydrogen-bond donors (Lipinski definition) is 0. The van der Waals surface area contributed by atoms with Crippen molar-refractivity contribution in [2.75, 3.05) is 0 Å². The van der Waals surface area contributed by atoms with E-state index in [2.05, 4.69) is 35.7 Å². The molecule has 104 valence electrons. The molecule has 0 aromatic carbocycles. The van der Waals surface area contributed by atoms with Crippen molar-refractivity contribution < 1.29 is 6.11 Å². The van der Waals surface area contributed by atoms with E-state index in [0.717, 1.165) is 16.2 Å². The SMILES string of the molecule is [3H]c1csc(OCc2c(Br)nsc2-n2nnn(C)c2=O)n1. The lowest BCUT2D eigenvalue weighted by molar-refractivity contribution is 0.303. The molecule has 0 aliphatic heterocycles. The highest BCUT2D eigenvalue weighted by Crippen LogP contribution is 2.27. The predicted octanol–water partition coefficient (Wildman–Crippen LogP) is 1.22. The maximum absolute atomic E-state index is 11.9. The van der Waals surface area contributed by atoms with Gasteiger partial charge in [-0.1, -0.05) is 11.3 Å². The van der Waals surface area contributed by atoms with Crippen LogP contribution in [0.1, 0.15) is 6.93 Å². The molecule has 0 amide bonds. The quantitative estimate of drug-likeness (QED) is 0.680. The first-order valence-electron chi connectivity index (χ1n) is 5.74. The van der Waals surface area contributed by atoms with Crippen LogP contribution in [0, 0.1) is 0 Å². The third-order valence-corrected chi connectivity index (χ3v) is 4.73. The number of thiazole rings is 1. The molecule has 0 fully saturated rings. The van der Waals surface area contributed by atoms with Crippen LogP contribution in [0.5, 0.6) is 5.19 Å².